The van der Waals surface area contributed by atoms with E-state index in [4.69, 9.17) is 21.4 Å². The molecule has 0 bridgehead atoms. The Balaban J connectivity index is 2.30. The zero-order chi connectivity index (χ0) is 15.0. The molecule has 1 amide bonds. The quantitative estimate of drug-likeness (QED) is 0.722. The van der Waals surface area contributed by atoms with E-state index in [2.05, 4.69) is 5.32 Å². The Hall–Kier alpha value is -1.75. The van der Waals surface area contributed by atoms with Crippen molar-refractivity contribution in [1.82, 2.24) is 5.32 Å². The van der Waals surface area contributed by atoms with Crippen molar-refractivity contribution < 1.29 is 19.4 Å². The molecule has 0 unspecified atom stereocenters. The van der Waals surface area contributed by atoms with Gasteiger partial charge in [-0.1, -0.05) is 17.7 Å². The Morgan fingerprint density at radius 2 is 2.10 bits per heavy atom. The number of carbonyl (C=O) groups is 2. The molecule has 0 spiro atoms. The number of aliphatic carboxylic acids is 1. The van der Waals surface area contributed by atoms with Crippen molar-refractivity contribution in [2.75, 3.05) is 13.7 Å². The van der Waals surface area contributed by atoms with Crippen LogP contribution in [0.2, 0.25) is 5.02 Å². The first-order valence-electron chi connectivity index (χ1n) is 6.34. The van der Waals surface area contributed by atoms with Gasteiger partial charge in [0.05, 0.1) is 12.1 Å². The maximum absolute atomic E-state index is 11.6. The lowest BCUT2D eigenvalue weighted by atomic mass is 10.1. The predicted octanol–water partition coefficient (Wildman–Crippen LogP) is 2.26. The third-order valence-electron chi connectivity index (χ3n) is 2.75. The van der Waals surface area contributed by atoms with Crippen LogP contribution in [0.1, 0.15) is 24.8 Å². The van der Waals surface area contributed by atoms with Gasteiger partial charge < -0.3 is 15.2 Å². The summed E-state index contributed by atoms with van der Waals surface area (Å²) in [5.41, 5.74) is 0.955. The van der Waals surface area contributed by atoms with Gasteiger partial charge in [0.2, 0.25) is 5.91 Å². The Kier molecular flexibility index (Phi) is 6.87. The number of carboxylic acids is 1. The second-order valence-electron chi connectivity index (χ2n) is 4.32. The molecule has 0 heterocycles. The summed E-state index contributed by atoms with van der Waals surface area (Å²) in [6, 6.07) is 5.41. The molecule has 110 valence electrons. The van der Waals surface area contributed by atoms with Crippen molar-refractivity contribution >= 4 is 23.5 Å². The zero-order valence-electron chi connectivity index (χ0n) is 11.3. The van der Waals surface area contributed by atoms with Gasteiger partial charge in [-0.05, 0) is 30.5 Å². The molecular formula is C14H18ClNO4. The molecular weight excluding hydrogens is 282 g/mol. The number of rotatable bonds is 8. The van der Waals surface area contributed by atoms with Gasteiger partial charge in [0, 0.05) is 19.4 Å². The molecule has 20 heavy (non-hydrogen) atoms. The Morgan fingerprint density at radius 3 is 2.70 bits per heavy atom. The topological polar surface area (TPSA) is 75.6 Å². The molecule has 0 saturated heterocycles. The van der Waals surface area contributed by atoms with Crippen LogP contribution in [0.15, 0.2) is 18.2 Å². The Labute approximate surface area is 122 Å². The van der Waals surface area contributed by atoms with Crippen LogP contribution in [0.4, 0.5) is 0 Å². The van der Waals surface area contributed by atoms with Gasteiger partial charge in [-0.3, -0.25) is 9.59 Å². The summed E-state index contributed by atoms with van der Waals surface area (Å²) >= 11 is 6.00. The molecule has 5 nitrogen and oxygen atoms in total. The highest BCUT2D eigenvalue weighted by Gasteiger charge is 2.05. The third-order valence-corrected chi connectivity index (χ3v) is 3.04. The van der Waals surface area contributed by atoms with Gasteiger partial charge in [-0.15, -0.1) is 0 Å². The summed E-state index contributed by atoms with van der Waals surface area (Å²) in [4.78, 5) is 21.9. The first kappa shape index (κ1) is 16.3. The van der Waals surface area contributed by atoms with E-state index in [1.54, 1.807) is 19.2 Å². The maximum atomic E-state index is 11.6. The standard InChI is InChI=1S/C14H18ClNO4/c1-20-12-6-4-10(9-11(12)15)5-7-13(17)16-8-2-3-14(18)19/h4,6,9H,2-3,5,7-8H2,1H3,(H,16,17)(H,18,19). The van der Waals surface area contributed by atoms with Crippen LogP contribution in [0.25, 0.3) is 0 Å². The fourth-order valence-corrected chi connectivity index (χ4v) is 1.96. The molecule has 0 aliphatic carbocycles. The average molecular weight is 300 g/mol. The molecule has 2 N–H and O–H groups in total. The van der Waals surface area contributed by atoms with Crippen molar-refractivity contribution in [3.8, 4) is 5.75 Å². The minimum atomic E-state index is -0.855. The lowest BCUT2D eigenvalue weighted by Crippen LogP contribution is -2.25. The molecule has 0 fully saturated rings. The molecule has 0 aliphatic heterocycles. The number of aryl methyl sites for hydroxylation is 1. The first-order chi connectivity index (χ1) is 9.52. The molecule has 1 rings (SSSR count). The lowest BCUT2D eigenvalue weighted by Gasteiger charge is -2.07. The van der Waals surface area contributed by atoms with E-state index in [-0.39, 0.29) is 12.3 Å². The third kappa shape index (κ3) is 5.93. The first-order valence-corrected chi connectivity index (χ1v) is 6.71. The summed E-state index contributed by atoms with van der Waals surface area (Å²) in [5.74, 6) is -0.344. The number of carbonyl (C=O) groups excluding carboxylic acids is 1. The maximum Gasteiger partial charge on any atom is 0.303 e. The smallest absolute Gasteiger partial charge is 0.303 e. The molecule has 0 aliphatic rings. The number of halogens is 1. The van der Waals surface area contributed by atoms with Crippen LogP contribution in [0, 0.1) is 0 Å². The van der Waals surface area contributed by atoms with Crippen LogP contribution >= 0.6 is 11.6 Å². The van der Waals surface area contributed by atoms with Gasteiger partial charge in [0.25, 0.3) is 0 Å². The predicted molar refractivity (Wildman–Crippen MR) is 76.2 cm³/mol. The Morgan fingerprint density at radius 1 is 1.35 bits per heavy atom. The SMILES string of the molecule is COc1ccc(CCC(=O)NCCCC(=O)O)cc1Cl. The van der Waals surface area contributed by atoms with E-state index in [9.17, 15) is 9.59 Å². The number of hydrogen-bond donors (Lipinski definition) is 2. The van der Waals surface area contributed by atoms with E-state index in [1.807, 2.05) is 6.07 Å². The second-order valence-corrected chi connectivity index (χ2v) is 4.72. The van der Waals surface area contributed by atoms with Gasteiger partial charge in [-0.25, -0.2) is 0 Å². The molecule has 1 aromatic rings. The fraction of sp³-hybridized carbons (Fsp3) is 0.429. The zero-order valence-corrected chi connectivity index (χ0v) is 12.1. The lowest BCUT2D eigenvalue weighted by molar-refractivity contribution is -0.137. The van der Waals surface area contributed by atoms with E-state index in [1.165, 1.54) is 0 Å². The monoisotopic (exact) mass is 299 g/mol. The number of hydrogen-bond acceptors (Lipinski definition) is 3. The molecule has 1 aromatic carbocycles. The molecule has 6 heteroatoms. The molecule has 0 atom stereocenters. The summed E-state index contributed by atoms with van der Waals surface area (Å²) in [5, 5.41) is 11.7. The van der Waals surface area contributed by atoms with Crippen LogP contribution < -0.4 is 10.1 Å². The highest BCUT2D eigenvalue weighted by Crippen LogP contribution is 2.25. The van der Waals surface area contributed by atoms with Crippen molar-refractivity contribution in [3.63, 3.8) is 0 Å². The minimum Gasteiger partial charge on any atom is -0.495 e. The van der Waals surface area contributed by atoms with E-state index in [0.29, 0.717) is 36.6 Å². The van der Waals surface area contributed by atoms with E-state index < -0.39 is 5.97 Å². The van der Waals surface area contributed by atoms with Crippen LogP contribution in [-0.4, -0.2) is 30.6 Å². The summed E-state index contributed by atoms with van der Waals surface area (Å²) in [6.45, 7) is 0.383. The average Bonchev–Trinajstić information content (AvgIpc) is 2.41. The molecule has 0 radical (unpaired) electrons. The van der Waals surface area contributed by atoms with Gasteiger partial charge in [0.15, 0.2) is 0 Å². The molecule has 0 saturated carbocycles. The largest absolute Gasteiger partial charge is 0.495 e. The van der Waals surface area contributed by atoms with Crippen LogP contribution in [0.5, 0.6) is 5.75 Å². The number of benzene rings is 1. The number of nitrogens with one attached hydrogen (secondary N) is 1. The van der Waals surface area contributed by atoms with Gasteiger partial charge in [-0.2, -0.15) is 0 Å². The number of carboxylic acid groups (broad SMARTS) is 1. The Bertz CT molecular complexity index is 476. The van der Waals surface area contributed by atoms with Crippen LogP contribution in [0.3, 0.4) is 0 Å². The van der Waals surface area contributed by atoms with E-state index >= 15 is 0 Å². The van der Waals surface area contributed by atoms with E-state index in [0.717, 1.165) is 5.56 Å². The number of amides is 1. The summed E-state index contributed by atoms with van der Waals surface area (Å²) < 4.78 is 5.05. The van der Waals surface area contributed by atoms with Crippen molar-refractivity contribution in [2.24, 2.45) is 0 Å². The fourth-order valence-electron chi connectivity index (χ4n) is 1.68. The number of ether oxygens (including phenoxy) is 1. The highest BCUT2D eigenvalue weighted by molar-refractivity contribution is 6.32. The summed E-state index contributed by atoms with van der Waals surface area (Å²) in [6.07, 6.45) is 1.42. The van der Waals surface area contributed by atoms with Gasteiger partial charge in [0.1, 0.15) is 5.75 Å². The van der Waals surface area contributed by atoms with Crippen molar-refractivity contribution in [3.05, 3.63) is 28.8 Å². The number of methoxy groups -OCH3 is 1. The molecule has 0 aromatic heterocycles. The highest BCUT2D eigenvalue weighted by atomic mass is 35.5. The van der Waals surface area contributed by atoms with Crippen molar-refractivity contribution in [1.29, 1.82) is 0 Å². The van der Waals surface area contributed by atoms with Crippen molar-refractivity contribution in [2.45, 2.75) is 25.7 Å². The van der Waals surface area contributed by atoms with Crippen LogP contribution in [-0.2, 0) is 16.0 Å². The van der Waals surface area contributed by atoms with Gasteiger partial charge >= 0.3 is 5.97 Å². The minimum absolute atomic E-state index is 0.0639. The summed E-state index contributed by atoms with van der Waals surface area (Å²) in [7, 11) is 1.55. The normalized spacial score (nSPS) is 10.1. The second kappa shape index (κ2) is 8.43.